The molecule has 2 heterocycles. The number of nitrogens with two attached hydrogens (primary N) is 1. The summed E-state index contributed by atoms with van der Waals surface area (Å²) in [5.74, 6) is -0.244. The predicted octanol–water partition coefficient (Wildman–Crippen LogP) is 1.33. The Morgan fingerprint density at radius 2 is 2.27 bits per heavy atom. The van der Waals surface area contributed by atoms with E-state index in [4.69, 9.17) is 5.73 Å². The van der Waals surface area contributed by atoms with E-state index < -0.39 is 0 Å². The van der Waals surface area contributed by atoms with Crippen molar-refractivity contribution in [3.05, 3.63) is 35.5 Å². The lowest BCUT2D eigenvalue weighted by molar-refractivity contribution is -0.116. The summed E-state index contributed by atoms with van der Waals surface area (Å²) >= 11 is 1.32. The smallest absolute Gasteiger partial charge is 0.248 e. The molecule has 0 fully saturated rings. The molecule has 3 N–H and O–H groups in total. The zero-order valence-electron chi connectivity index (χ0n) is 11.7. The molecule has 0 bridgehead atoms. The maximum atomic E-state index is 12.1. The lowest BCUT2D eigenvalue weighted by atomic mass is 10.1. The third kappa shape index (κ3) is 3.09. The van der Waals surface area contributed by atoms with E-state index in [0.717, 1.165) is 16.3 Å². The SMILES string of the molecule is Cc1nnc(NC(=O)Cn2nncc2-c2cccc(N)c2)s1. The second-order valence-electron chi connectivity index (χ2n) is 4.58. The van der Waals surface area contributed by atoms with Crippen molar-refractivity contribution in [2.24, 2.45) is 0 Å². The molecule has 1 aromatic carbocycles. The first kappa shape index (κ1) is 14.1. The van der Waals surface area contributed by atoms with Crippen LogP contribution in [0.2, 0.25) is 0 Å². The van der Waals surface area contributed by atoms with Crippen molar-refractivity contribution in [1.29, 1.82) is 0 Å². The fraction of sp³-hybridized carbons (Fsp3) is 0.154. The van der Waals surface area contributed by atoms with Gasteiger partial charge in [-0.1, -0.05) is 28.7 Å². The maximum absolute atomic E-state index is 12.1. The van der Waals surface area contributed by atoms with E-state index in [1.165, 1.54) is 16.0 Å². The highest BCUT2D eigenvalue weighted by Crippen LogP contribution is 2.20. The summed E-state index contributed by atoms with van der Waals surface area (Å²) in [5, 5.41) is 19.4. The van der Waals surface area contributed by atoms with E-state index >= 15 is 0 Å². The Labute approximate surface area is 130 Å². The van der Waals surface area contributed by atoms with Crippen LogP contribution in [0.5, 0.6) is 0 Å². The fourth-order valence-corrected chi connectivity index (χ4v) is 2.55. The van der Waals surface area contributed by atoms with Crippen LogP contribution >= 0.6 is 11.3 Å². The van der Waals surface area contributed by atoms with Crippen LogP contribution in [0.15, 0.2) is 30.5 Å². The summed E-state index contributed by atoms with van der Waals surface area (Å²) in [6.45, 7) is 1.85. The van der Waals surface area contributed by atoms with Gasteiger partial charge in [-0.2, -0.15) is 0 Å². The first-order valence-corrected chi connectivity index (χ1v) is 7.28. The number of aryl methyl sites for hydroxylation is 1. The third-order valence-electron chi connectivity index (χ3n) is 2.87. The van der Waals surface area contributed by atoms with Crippen LogP contribution in [-0.4, -0.2) is 31.1 Å². The molecule has 9 heteroatoms. The van der Waals surface area contributed by atoms with E-state index in [-0.39, 0.29) is 12.5 Å². The van der Waals surface area contributed by atoms with Crippen molar-refractivity contribution < 1.29 is 4.79 Å². The minimum atomic E-state index is -0.244. The topological polar surface area (TPSA) is 112 Å². The number of anilines is 2. The van der Waals surface area contributed by atoms with Gasteiger partial charge in [0.15, 0.2) is 0 Å². The van der Waals surface area contributed by atoms with E-state index in [1.807, 2.05) is 19.1 Å². The molecule has 2 aromatic heterocycles. The Balaban J connectivity index is 1.76. The van der Waals surface area contributed by atoms with Crippen molar-refractivity contribution in [2.75, 3.05) is 11.1 Å². The van der Waals surface area contributed by atoms with Crippen LogP contribution in [0.1, 0.15) is 5.01 Å². The molecule has 0 aliphatic rings. The number of aromatic nitrogens is 5. The van der Waals surface area contributed by atoms with E-state index in [1.54, 1.807) is 18.3 Å². The quantitative estimate of drug-likeness (QED) is 0.702. The van der Waals surface area contributed by atoms with Crippen molar-refractivity contribution in [3.63, 3.8) is 0 Å². The molecule has 112 valence electrons. The van der Waals surface area contributed by atoms with Gasteiger partial charge in [0.05, 0.1) is 11.9 Å². The standard InChI is InChI=1S/C13H13N7OS/c1-8-17-18-13(22-8)16-12(21)7-20-11(6-15-19-20)9-3-2-4-10(14)5-9/h2-6H,7,14H2,1H3,(H,16,18,21). The van der Waals surface area contributed by atoms with Gasteiger partial charge in [-0.05, 0) is 19.1 Å². The summed E-state index contributed by atoms with van der Waals surface area (Å²) < 4.78 is 1.51. The minimum Gasteiger partial charge on any atom is -0.399 e. The first-order chi connectivity index (χ1) is 10.6. The predicted molar refractivity (Wildman–Crippen MR) is 83.1 cm³/mol. The second kappa shape index (κ2) is 5.90. The van der Waals surface area contributed by atoms with Gasteiger partial charge in [-0.25, -0.2) is 4.68 Å². The van der Waals surface area contributed by atoms with Crippen molar-refractivity contribution >= 4 is 28.1 Å². The van der Waals surface area contributed by atoms with Crippen LogP contribution in [0, 0.1) is 6.92 Å². The van der Waals surface area contributed by atoms with Crippen LogP contribution < -0.4 is 11.1 Å². The van der Waals surface area contributed by atoms with E-state index in [9.17, 15) is 4.79 Å². The Hall–Kier alpha value is -2.81. The van der Waals surface area contributed by atoms with Gasteiger partial charge >= 0.3 is 0 Å². The molecule has 3 rings (SSSR count). The minimum absolute atomic E-state index is 0.0305. The highest BCUT2D eigenvalue weighted by atomic mass is 32.1. The van der Waals surface area contributed by atoms with Crippen molar-refractivity contribution in [1.82, 2.24) is 25.2 Å². The summed E-state index contributed by atoms with van der Waals surface area (Å²) in [6, 6.07) is 7.33. The van der Waals surface area contributed by atoms with Gasteiger partial charge in [0.1, 0.15) is 11.6 Å². The molecule has 1 amide bonds. The molecule has 0 saturated heterocycles. The number of nitrogens with zero attached hydrogens (tertiary/aromatic N) is 5. The summed E-state index contributed by atoms with van der Waals surface area (Å²) in [4.78, 5) is 12.1. The molecule has 0 radical (unpaired) electrons. The Morgan fingerprint density at radius 1 is 1.41 bits per heavy atom. The van der Waals surface area contributed by atoms with E-state index in [0.29, 0.717) is 10.8 Å². The maximum Gasteiger partial charge on any atom is 0.248 e. The highest BCUT2D eigenvalue weighted by molar-refractivity contribution is 7.15. The molecule has 0 atom stereocenters. The van der Waals surface area contributed by atoms with Gasteiger partial charge in [0.2, 0.25) is 11.0 Å². The number of hydrogen-bond donors (Lipinski definition) is 2. The highest BCUT2D eigenvalue weighted by Gasteiger charge is 2.12. The molecular formula is C13H13N7OS. The molecule has 8 nitrogen and oxygen atoms in total. The Bertz CT molecular complexity index is 810. The molecule has 22 heavy (non-hydrogen) atoms. The number of hydrogen-bond acceptors (Lipinski definition) is 7. The molecular weight excluding hydrogens is 302 g/mol. The van der Waals surface area contributed by atoms with Gasteiger partial charge in [-0.15, -0.1) is 15.3 Å². The summed E-state index contributed by atoms with van der Waals surface area (Å²) in [5.41, 5.74) is 7.99. The van der Waals surface area contributed by atoms with Crippen LogP contribution in [0.25, 0.3) is 11.3 Å². The number of nitrogen functional groups attached to an aromatic ring is 1. The van der Waals surface area contributed by atoms with Gasteiger partial charge in [-0.3, -0.25) is 10.1 Å². The number of rotatable bonds is 4. The third-order valence-corrected chi connectivity index (χ3v) is 3.62. The summed E-state index contributed by atoms with van der Waals surface area (Å²) in [6.07, 6.45) is 1.59. The van der Waals surface area contributed by atoms with Gasteiger partial charge in [0, 0.05) is 11.3 Å². The second-order valence-corrected chi connectivity index (χ2v) is 5.76. The fourth-order valence-electron chi connectivity index (χ4n) is 1.94. The normalized spacial score (nSPS) is 10.6. The lowest BCUT2D eigenvalue weighted by Gasteiger charge is -2.06. The number of nitrogens with one attached hydrogen (secondary N) is 1. The van der Waals surface area contributed by atoms with Crippen molar-refractivity contribution in [3.8, 4) is 11.3 Å². The molecule has 0 spiro atoms. The van der Waals surface area contributed by atoms with Crippen LogP contribution in [0.3, 0.4) is 0 Å². The molecule has 0 aliphatic heterocycles. The molecule has 0 unspecified atom stereocenters. The van der Waals surface area contributed by atoms with Crippen LogP contribution in [0.4, 0.5) is 10.8 Å². The van der Waals surface area contributed by atoms with E-state index in [2.05, 4.69) is 25.8 Å². The molecule has 0 saturated carbocycles. The Morgan fingerprint density at radius 3 is 3.00 bits per heavy atom. The van der Waals surface area contributed by atoms with Crippen LogP contribution in [-0.2, 0) is 11.3 Å². The molecule has 0 aliphatic carbocycles. The zero-order chi connectivity index (χ0) is 15.5. The number of carbonyl (C=O) groups excluding carboxylic acids is 1. The molecule has 3 aromatic rings. The number of amides is 1. The Kier molecular flexibility index (Phi) is 3.79. The van der Waals surface area contributed by atoms with Gasteiger partial charge in [0.25, 0.3) is 0 Å². The average Bonchev–Trinajstić information content (AvgIpc) is 3.08. The summed E-state index contributed by atoms with van der Waals surface area (Å²) in [7, 11) is 0. The largest absolute Gasteiger partial charge is 0.399 e. The van der Waals surface area contributed by atoms with Crippen molar-refractivity contribution in [2.45, 2.75) is 13.5 Å². The lowest BCUT2D eigenvalue weighted by Crippen LogP contribution is -2.20. The van der Waals surface area contributed by atoms with Gasteiger partial charge < -0.3 is 5.73 Å². The monoisotopic (exact) mass is 315 g/mol. The zero-order valence-corrected chi connectivity index (χ0v) is 12.5. The number of benzene rings is 1. The average molecular weight is 315 g/mol. The number of carbonyl (C=O) groups is 1. The first-order valence-electron chi connectivity index (χ1n) is 6.46.